The number of allylic oxidation sites excluding steroid dienone is 4. The molecule has 3 rings (SSSR count). The fourth-order valence-electron chi connectivity index (χ4n) is 6.52. The molecule has 0 N–H and O–H groups in total. The number of rotatable bonds is 6. The zero-order chi connectivity index (χ0) is 29.6. The highest BCUT2D eigenvalue weighted by atomic mass is 31.1. The zero-order valence-electron chi connectivity index (χ0n) is 27.6. The highest BCUT2D eigenvalue weighted by Gasteiger charge is 2.42. The third kappa shape index (κ3) is 7.55. The van der Waals surface area contributed by atoms with Crippen LogP contribution in [0.2, 0.25) is 0 Å². The summed E-state index contributed by atoms with van der Waals surface area (Å²) < 4.78 is 0. The van der Waals surface area contributed by atoms with Gasteiger partial charge in [-0.2, -0.15) is 0 Å². The molecule has 1 aliphatic rings. The fraction of sp³-hybridized carbons (Fsp3) is 0.568. The molecule has 0 heterocycles. The quantitative estimate of drug-likeness (QED) is 0.307. The molecule has 0 amide bonds. The van der Waals surface area contributed by atoms with Crippen molar-refractivity contribution in [3.8, 4) is 0 Å². The Morgan fingerprint density at radius 1 is 0.615 bits per heavy atom. The lowest BCUT2D eigenvalue weighted by atomic mass is 9.73. The Hall–Kier alpha value is -1.22. The SMILES string of the molecule is Cc1ccccc1P(CC1C=C(C(C)(C)C)C(C(C)(C)C)=C1CP(C(C)(C)C)C(C)(C)C)c1ccccc1C. The van der Waals surface area contributed by atoms with Crippen LogP contribution in [0.15, 0.2) is 71.3 Å². The van der Waals surface area contributed by atoms with Crippen LogP contribution < -0.4 is 10.6 Å². The topological polar surface area (TPSA) is 0 Å². The maximum Gasteiger partial charge on any atom is 0.00378 e. The lowest BCUT2D eigenvalue weighted by molar-refractivity contribution is 0.447. The lowest BCUT2D eigenvalue weighted by Gasteiger charge is -2.43. The summed E-state index contributed by atoms with van der Waals surface area (Å²) in [5.74, 6) is 0.480. The van der Waals surface area contributed by atoms with Gasteiger partial charge in [0.25, 0.3) is 0 Å². The Morgan fingerprint density at radius 2 is 1.05 bits per heavy atom. The molecule has 1 unspecified atom stereocenters. The van der Waals surface area contributed by atoms with Crippen molar-refractivity contribution in [2.45, 2.75) is 107 Å². The summed E-state index contributed by atoms with van der Waals surface area (Å²) in [6.45, 7) is 34.1. The molecule has 2 aromatic carbocycles. The van der Waals surface area contributed by atoms with E-state index in [1.54, 1.807) is 27.3 Å². The van der Waals surface area contributed by atoms with E-state index in [9.17, 15) is 0 Å². The summed E-state index contributed by atoms with van der Waals surface area (Å²) in [5.41, 5.74) is 8.11. The molecule has 0 bridgehead atoms. The van der Waals surface area contributed by atoms with E-state index in [0.717, 1.165) is 0 Å². The molecule has 1 aliphatic carbocycles. The van der Waals surface area contributed by atoms with Gasteiger partial charge in [0, 0.05) is 5.92 Å². The Morgan fingerprint density at radius 3 is 1.41 bits per heavy atom. The van der Waals surface area contributed by atoms with Gasteiger partial charge in [0.1, 0.15) is 0 Å². The van der Waals surface area contributed by atoms with Crippen molar-refractivity contribution < 1.29 is 0 Å². The smallest absolute Gasteiger partial charge is 0.00378 e. The first kappa shape index (κ1) is 32.3. The van der Waals surface area contributed by atoms with Gasteiger partial charge in [0.2, 0.25) is 0 Å². The number of aryl methyl sites for hydroxylation is 2. The maximum absolute atomic E-state index is 2.72. The standard InChI is InChI=1S/C37H56P2/c1-26-19-15-17-21-31(26)38(32-22-18-16-20-27(32)2)24-28-23-30(34(3,4)5)33(35(6,7)8)29(28)25-39(36(9,10)11)37(12,13)14/h15-23,28H,24-25H2,1-14H3. The van der Waals surface area contributed by atoms with Crippen molar-refractivity contribution in [2.75, 3.05) is 12.3 Å². The van der Waals surface area contributed by atoms with Crippen LogP contribution in [0.4, 0.5) is 0 Å². The first-order chi connectivity index (χ1) is 17.7. The van der Waals surface area contributed by atoms with E-state index in [-0.39, 0.29) is 18.8 Å². The molecule has 2 aromatic rings. The summed E-state index contributed by atoms with van der Waals surface area (Å²) in [6.07, 6.45) is 5.15. The van der Waals surface area contributed by atoms with E-state index in [4.69, 9.17) is 0 Å². The number of benzene rings is 2. The number of hydrogen-bond acceptors (Lipinski definition) is 0. The first-order valence-electron chi connectivity index (χ1n) is 14.9. The summed E-state index contributed by atoms with van der Waals surface area (Å²) in [6, 6.07) is 18.3. The molecular weight excluding hydrogens is 506 g/mol. The van der Waals surface area contributed by atoms with Crippen molar-refractivity contribution in [1.29, 1.82) is 0 Å². The molecule has 0 saturated heterocycles. The van der Waals surface area contributed by atoms with Gasteiger partial charge in [-0.15, -0.1) is 0 Å². The van der Waals surface area contributed by atoms with Crippen molar-refractivity contribution in [1.82, 2.24) is 0 Å². The summed E-state index contributed by atoms with van der Waals surface area (Å²) in [7, 11) is -0.732. The molecule has 1 atom stereocenters. The van der Waals surface area contributed by atoms with Gasteiger partial charge >= 0.3 is 0 Å². The molecule has 0 saturated carbocycles. The van der Waals surface area contributed by atoms with Gasteiger partial charge in [-0.3, -0.25) is 0 Å². The predicted molar refractivity (Wildman–Crippen MR) is 182 cm³/mol. The van der Waals surface area contributed by atoms with Gasteiger partial charge in [0.15, 0.2) is 0 Å². The summed E-state index contributed by atoms with van der Waals surface area (Å²) in [4.78, 5) is 0. The molecule has 0 aromatic heterocycles. The van der Waals surface area contributed by atoms with Crippen molar-refractivity contribution >= 4 is 26.5 Å². The van der Waals surface area contributed by atoms with Gasteiger partial charge in [-0.1, -0.05) is 151 Å². The molecule has 39 heavy (non-hydrogen) atoms. The van der Waals surface area contributed by atoms with Crippen LogP contribution in [0, 0.1) is 30.6 Å². The minimum atomic E-state index is -0.493. The molecule has 2 heteroatoms. The van der Waals surface area contributed by atoms with Gasteiger partial charge in [0.05, 0.1) is 0 Å². The first-order valence-corrected chi connectivity index (χ1v) is 17.9. The van der Waals surface area contributed by atoms with Crippen LogP contribution in [0.1, 0.15) is 94.2 Å². The summed E-state index contributed by atoms with van der Waals surface area (Å²) in [5, 5.41) is 3.69. The Bertz CT molecular complexity index is 1160. The van der Waals surface area contributed by atoms with Crippen LogP contribution >= 0.6 is 15.8 Å². The van der Waals surface area contributed by atoms with Crippen molar-refractivity contribution in [2.24, 2.45) is 16.7 Å². The highest BCUT2D eigenvalue weighted by Crippen LogP contribution is 2.63. The maximum atomic E-state index is 2.72. The minimum Gasteiger partial charge on any atom is -0.0914 e. The zero-order valence-corrected chi connectivity index (χ0v) is 29.4. The van der Waals surface area contributed by atoms with Crippen LogP contribution in [0.25, 0.3) is 0 Å². The molecule has 0 fully saturated rings. The monoisotopic (exact) mass is 562 g/mol. The van der Waals surface area contributed by atoms with Crippen LogP contribution in [0.5, 0.6) is 0 Å². The van der Waals surface area contributed by atoms with E-state index in [0.29, 0.717) is 16.2 Å². The normalized spacial score (nSPS) is 17.4. The largest absolute Gasteiger partial charge is 0.0914 e. The van der Waals surface area contributed by atoms with Gasteiger partial charge in [-0.05, 0) is 88.1 Å². The van der Waals surface area contributed by atoms with Crippen LogP contribution in [-0.4, -0.2) is 22.6 Å². The lowest BCUT2D eigenvalue weighted by Crippen LogP contribution is -2.29. The molecule has 0 aliphatic heterocycles. The predicted octanol–water partition coefficient (Wildman–Crippen LogP) is 10.8. The third-order valence-corrected chi connectivity index (χ3v) is 14.9. The van der Waals surface area contributed by atoms with Crippen molar-refractivity contribution in [3.05, 3.63) is 82.5 Å². The van der Waals surface area contributed by atoms with E-state index in [1.165, 1.54) is 23.5 Å². The Balaban J connectivity index is 2.27. The average Bonchev–Trinajstić information content (AvgIpc) is 3.14. The molecule has 0 nitrogen and oxygen atoms in total. The molecule has 0 radical (unpaired) electrons. The van der Waals surface area contributed by atoms with Crippen molar-refractivity contribution in [3.63, 3.8) is 0 Å². The van der Waals surface area contributed by atoms with E-state index < -0.39 is 7.92 Å². The Kier molecular flexibility index (Phi) is 9.59. The van der Waals surface area contributed by atoms with Crippen LogP contribution in [0.3, 0.4) is 0 Å². The molecular formula is C37H56P2. The molecule has 0 spiro atoms. The van der Waals surface area contributed by atoms with E-state index in [2.05, 4.69) is 152 Å². The Labute approximate surface area is 244 Å². The van der Waals surface area contributed by atoms with Gasteiger partial charge in [-0.25, -0.2) is 0 Å². The van der Waals surface area contributed by atoms with Gasteiger partial charge < -0.3 is 0 Å². The minimum absolute atomic E-state index is 0.119. The third-order valence-electron chi connectivity index (χ3n) is 8.10. The highest BCUT2D eigenvalue weighted by molar-refractivity contribution is 7.73. The van der Waals surface area contributed by atoms with E-state index >= 15 is 0 Å². The fourth-order valence-corrected chi connectivity index (χ4v) is 13.1. The second-order valence-electron chi connectivity index (χ2n) is 15.7. The van der Waals surface area contributed by atoms with E-state index in [1.807, 2.05) is 0 Å². The average molecular weight is 563 g/mol. The summed E-state index contributed by atoms with van der Waals surface area (Å²) >= 11 is 0. The molecule has 214 valence electrons. The van der Waals surface area contributed by atoms with Crippen LogP contribution in [-0.2, 0) is 0 Å². The second kappa shape index (κ2) is 11.6. The number of hydrogen-bond donors (Lipinski definition) is 0. The second-order valence-corrected chi connectivity index (χ2v) is 21.7.